The van der Waals surface area contributed by atoms with Gasteiger partial charge in [-0.3, -0.25) is 0 Å². The van der Waals surface area contributed by atoms with Crippen molar-refractivity contribution in [3.8, 4) is 0 Å². The quantitative estimate of drug-likeness (QED) is 0.388. The van der Waals surface area contributed by atoms with Crippen LogP contribution in [0, 0.1) is 10.4 Å². The van der Waals surface area contributed by atoms with Gasteiger partial charge in [-0.25, -0.2) is 4.73 Å². The molecule has 0 radical (unpaired) electrons. The Morgan fingerprint density at radius 1 is 1.33 bits per heavy atom. The molecular weight excluding hydrogens is 158 g/mol. The van der Waals surface area contributed by atoms with Crippen LogP contribution >= 0.6 is 0 Å². The van der Waals surface area contributed by atoms with Crippen LogP contribution in [0.5, 0.6) is 0 Å². The van der Waals surface area contributed by atoms with Crippen LogP contribution in [0.2, 0.25) is 0 Å². The van der Waals surface area contributed by atoms with Gasteiger partial charge in [-0.2, -0.15) is 4.73 Å². The lowest BCUT2D eigenvalue weighted by molar-refractivity contribution is -0.607. The second-order valence-electron chi connectivity index (χ2n) is 2.36. The molecule has 0 N–H and O–H groups in total. The summed E-state index contributed by atoms with van der Waals surface area (Å²) in [4.78, 5) is 3.65. The van der Waals surface area contributed by atoms with Gasteiger partial charge in [-0.1, -0.05) is 4.98 Å². The Morgan fingerprint density at radius 3 is 3.00 bits per heavy atom. The SMILES string of the molecule is [O-][n+]1ccc2c(cnc[n+]2[O-])c1. The van der Waals surface area contributed by atoms with Crippen LogP contribution in [-0.4, -0.2) is 4.98 Å². The van der Waals surface area contributed by atoms with E-state index in [1.54, 1.807) is 0 Å². The standard InChI is InChI=1S/C7H5N3O2/c11-9-2-1-7-6(4-9)3-8-5-10(7)12/h1-5H. The van der Waals surface area contributed by atoms with E-state index < -0.39 is 0 Å². The van der Waals surface area contributed by atoms with Crippen molar-refractivity contribution in [2.45, 2.75) is 0 Å². The first kappa shape index (κ1) is 6.78. The number of pyridine rings is 1. The zero-order valence-electron chi connectivity index (χ0n) is 6.04. The summed E-state index contributed by atoms with van der Waals surface area (Å²) < 4.78 is 1.25. The van der Waals surface area contributed by atoms with Crippen molar-refractivity contribution < 1.29 is 9.46 Å². The molecule has 2 aromatic heterocycles. The molecule has 2 heterocycles. The van der Waals surface area contributed by atoms with Crippen LogP contribution in [0.3, 0.4) is 0 Å². The van der Waals surface area contributed by atoms with Crippen LogP contribution < -0.4 is 9.46 Å². The average Bonchev–Trinajstić information content (AvgIpc) is 2.04. The molecule has 0 aliphatic heterocycles. The molecule has 0 aliphatic carbocycles. The zero-order chi connectivity index (χ0) is 8.55. The minimum absolute atomic E-state index is 0.442. The van der Waals surface area contributed by atoms with Crippen molar-refractivity contribution in [1.29, 1.82) is 0 Å². The van der Waals surface area contributed by atoms with Gasteiger partial charge in [0.1, 0.15) is 5.39 Å². The first-order chi connectivity index (χ1) is 5.77. The lowest BCUT2D eigenvalue weighted by Gasteiger charge is -2.02. The number of rotatable bonds is 0. The number of aromatic nitrogens is 3. The number of hydrogen-bond acceptors (Lipinski definition) is 3. The normalized spacial score (nSPS) is 10.3. The van der Waals surface area contributed by atoms with E-state index >= 15 is 0 Å². The summed E-state index contributed by atoms with van der Waals surface area (Å²) in [6, 6.07) is 1.46. The molecule has 0 aliphatic rings. The maximum Gasteiger partial charge on any atom is 0.289 e. The van der Waals surface area contributed by atoms with E-state index in [9.17, 15) is 10.4 Å². The van der Waals surface area contributed by atoms with Gasteiger partial charge >= 0.3 is 0 Å². The highest BCUT2D eigenvalue weighted by Gasteiger charge is 2.03. The van der Waals surface area contributed by atoms with Crippen molar-refractivity contribution in [3.05, 3.63) is 41.4 Å². The van der Waals surface area contributed by atoms with Gasteiger partial charge in [-0.05, 0) is 0 Å². The third-order valence-corrected chi connectivity index (χ3v) is 1.56. The Labute approximate surface area is 67.7 Å². The van der Waals surface area contributed by atoms with E-state index in [4.69, 9.17) is 0 Å². The van der Waals surface area contributed by atoms with Gasteiger partial charge in [0.2, 0.25) is 0 Å². The molecule has 0 bridgehead atoms. The first-order valence-electron chi connectivity index (χ1n) is 3.33. The van der Waals surface area contributed by atoms with E-state index in [0.717, 1.165) is 6.33 Å². The van der Waals surface area contributed by atoms with Crippen molar-refractivity contribution in [2.24, 2.45) is 0 Å². The second kappa shape index (κ2) is 2.30. The van der Waals surface area contributed by atoms with E-state index in [1.165, 1.54) is 24.7 Å². The van der Waals surface area contributed by atoms with Gasteiger partial charge in [0.25, 0.3) is 6.33 Å². The van der Waals surface area contributed by atoms with Gasteiger partial charge in [0.05, 0.1) is 6.07 Å². The monoisotopic (exact) mass is 163 g/mol. The van der Waals surface area contributed by atoms with E-state index in [1.807, 2.05) is 0 Å². The highest BCUT2D eigenvalue weighted by atomic mass is 16.5. The van der Waals surface area contributed by atoms with Gasteiger partial charge < -0.3 is 10.4 Å². The number of nitrogens with zero attached hydrogens (tertiary/aromatic N) is 3. The van der Waals surface area contributed by atoms with Gasteiger partial charge in [-0.15, -0.1) is 0 Å². The Bertz CT molecular complexity index is 430. The molecule has 0 spiro atoms. The van der Waals surface area contributed by atoms with Gasteiger partial charge in [0.15, 0.2) is 24.1 Å². The fraction of sp³-hybridized carbons (Fsp3) is 0. The maximum absolute atomic E-state index is 11.0. The predicted molar refractivity (Wildman–Crippen MR) is 39.7 cm³/mol. The molecular formula is C7H5N3O2. The minimum Gasteiger partial charge on any atom is -0.710 e. The van der Waals surface area contributed by atoms with Gasteiger partial charge in [0, 0.05) is 0 Å². The summed E-state index contributed by atoms with van der Waals surface area (Å²) in [6.07, 6.45) is 5.20. The fourth-order valence-electron chi connectivity index (χ4n) is 1.02. The summed E-state index contributed by atoms with van der Waals surface area (Å²) in [5.74, 6) is 0. The largest absolute Gasteiger partial charge is 0.710 e. The second-order valence-corrected chi connectivity index (χ2v) is 2.36. The molecule has 60 valence electrons. The third-order valence-electron chi connectivity index (χ3n) is 1.56. The Morgan fingerprint density at radius 2 is 2.17 bits per heavy atom. The zero-order valence-corrected chi connectivity index (χ0v) is 6.04. The van der Waals surface area contributed by atoms with Crippen molar-refractivity contribution in [3.63, 3.8) is 0 Å². The predicted octanol–water partition coefficient (Wildman–Crippen LogP) is -0.498. The maximum atomic E-state index is 11.0. The summed E-state index contributed by atoms with van der Waals surface area (Å²) >= 11 is 0. The summed E-state index contributed by atoms with van der Waals surface area (Å²) in [5, 5.41) is 22.3. The molecule has 0 unspecified atom stereocenters. The lowest BCUT2D eigenvalue weighted by atomic mass is 10.3. The van der Waals surface area contributed by atoms with E-state index in [-0.39, 0.29) is 0 Å². The molecule has 2 rings (SSSR count). The van der Waals surface area contributed by atoms with E-state index in [2.05, 4.69) is 4.98 Å². The molecule has 0 saturated carbocycles. The smallest absolute Gasteiger partial charge is 0.289 e. The van der Waals surface area contributed by atoms with E-state index in [0.29, 0.717) is 20.4 Å². The third kappa shape index (κ3) is 0.914. The Hall–Kier alpha value is -1.91. The van der Waals surface area contributed by atoms with Crippen LogP contribution in [-0.2, 0) is 0 Å². The minimum atomic E-state index is 0.442. The Balaban J connectivity index is 2.86. The van der Waals surface area contributed by atoms with Crippen LogP contribution in [0.25, 0.3) is 10.9 Å². The van der Waals surface area contributed by atoms with Crippen molar-refractivity contribution >= 4 is 10.9 Å². The topological polar surface area (TPSA) is 66.8 Å². The highest BCUT2D eigenvalue weighted by Crippen LogP contribution is 2.01. The molecule has 0 saturated heterocycles. The summed E-state index contributed by atoms with van der Waals surface area (Å²) in [6.45, 7) is 0. The molecule has 2 aromatic rings. The highest BCUT2D eigenvalue weighted by molar-refractivity contribution is 5.71. The van der Waals surface area contributed by atoms with Crippen LogP contribution in [0.15, 0.2) is 31.0 Å². The molecule has 0 fully saturated rings. The van der Waals surface area contributed by atoms with Crippen LogP contribution in [0.4, 0.5) is 0 Å². The molecule has 0 amide bonds. The first-order valence-corrected chi connectivity index (χ1v) is 3.33. The molecule has 5 heteroatoms. The average molecular weight is 163 g/mol. The lowest BCUT2D eigenvalue weighted by Crippen LogP contribution is -2.30. The van der Waals surface area contributed by atoms with Crippen LogP contribution in [0.1, 0.15) is 0 Å². The Kier molecular flexibility index (Phi) is 1.30. The number of hydrogen-bond donors (Lipinski definition) is 0. The molecule has 5 nitrogen and oxygen atoms in total. The number of fused-ring (bicyclic) bond motifs is 1. The summed E-state index contributed by atoms with van der Waals surface area (Å²) in [5.41, 5.74) is 0.442. The molecule has 12 heavy (non-hydrogen) atoms. The molecule has 0 aromatic carbocycles. The van der Waals surface area contributed by atoms with Crippen molar-refractivity contribution in [1.82, 2.24) is 4.98 Å². The van der Waals surface area contributed by atoms with Crippen molar-refractivity contribution in [2.75, 3.05) is 0 Å². The molecule has 0 atom stereocenters. The fourth-order valence-corrected chi connectivity index (χ4v) is 1.02. The summed E-state index contributed by atoms with van der Waals surface area (Å²) in [7, 11) is 0.